The maximum absolute atomic E-state index is 12.8. The summed E-state index contributed by atoms with van der Waals surface area (Å²) in [6, 6.07) is 5.13. The number of fused-ring (bicyclic) bond motifs is 1. The molecule has 0 aliphatic rings. The Labute approximate surface area is 85.5 Å². The summed E-state index contributed by atoms with van der Waals surface area (Å²) in [6.07, 6.45) is 1.56. The summed E-state index contributed by atoms with van der Waals surface area (Å²) >= 11 is 0. The maximum Gasteiger partial charge on any atom is 0.264 e. The number of aromatic nitrogens is 2. The fourth-order valence-electron chi connectivity index (χ4n) is 1.48. The van der Waals surface area contributed by atoms with Crippen molar-refractivity contribution in [3.05, 3.63) is 24.4 Å². The van der Waals surface area contributed by atoms with Crippen molar-refractivity contribution in [3.8, 4) is 0 Å². The van der Waals surface area contributed by atoms with Crippen LogP contribution in [0.1, 0.15) is 6.92 Å². The van der Waals surface area contributed by atoms with Gasteiger partial charge in [-0.3, -0.25) is 4.68 Å². The zero-order chi connectivity index (χ0) is 11.1. The van der Waals surface area contributed by atoms with Gasteiger partial charge in [0.05, 0.1) is 11.7 Å². The summed E-state index contributed by atoms with van der Waals surface area (Å²) in [5.74, 6) is -2.77. The number of rotatable bonds is 2. The normalized spacial score (nSPS) is 12.2. The molecule has 5 heteroatoms. The molecule has 3 nitrogen and oxygen atoms in total. The number of anilines is 1. The number of hydrogen-bond acceptors (Lipinski definition) is 2. The zero-order valence-electron chi connectivity index (χ0n) is 8.24. The standard InChI is InChI=1S/C10H11F2N3/c1-10(11,12)6-15-9-4-8(13)3-2-7(9)5-14-15/h2-5H,6,13H2,1H3. The molecule has 2 rings (SSSR count). The summed E-state index contributed by atoms with van der Waals surface area (Å²) in [4.78, 5) is 0. The summed E-state index contributed by atoms with van der Waals surface area (Å²) in [5.41, 5.74) is 6.77. The third-order valence-corrected chi connectivity index (χ3v) is 2.10. The van der Waals surface area contributed by atoms with E-state index in [4.69, 9.17) is 5.73 Å². The Morgan fingerprint density at radius 3 is 2.87 bits per heavy atom. The van der Waals surface area contributed by atoms with Gasteiger partial charge in [0.25, 0.3) is 5.92 Å². The third-order valence-electron chi connectivity index (χ3n) is 2.10. The van der Waals surface area contributed by atoms with E-state index in [2.05, 4.69) is 5.10 Å². The monoisotopic (exact) mass is 211 g/mol. The third kappa shape index (κ3) is 2.06. The van der Waals surface area contributed by atoms with Crippen molar-refractivity contribution in [1.29, 1.82) is 0 Å². The Morgan fingerprint density at radius 2 is 2.20 bits per heavy atom. The highest BCUT2D eigenvalue weighted by Gasteiger charge is 2.23. The van der Waals surface area contributed by atoms with Gasteiger partial charge in [0.15, 0.2) is 0 Å². The van der Waals surface area contributed by atoms with Crippen LogP contribution in [0.5, 0.6) is 0 Å². The van der Waals surface area contributed by atoms with Crippen molar-refractivity contribution in [2.24, 2.45) is 0 Å². The Balaban J connectivity index is 2.48. The van der Waals surface area contributed by atoms with E-state index in [9.17, 15) is 8.78 Å². The topological polar surface area (TPSA) is 43.8 Å². The molecule has 0 spiro atoms. The minimum atomic E-state index is -2.77. The van der Waals surface area contributed by atoms with Crippen LogP contribution in [0.4, 0.5) is 14.5 Å². The molecule has 80 valence electrons. The van der Waals surface area contributed by atoms with Gasteiger partial charge in [0.1, 0.15) is 6.54 Å². The van der Waals surface area contributed by atoms with E-state index in [1.165, 1.54) is 4.68 Å². The number of nitrogen functional groups attached to an aromatic ring is 1. The second-order valence-corrected chi connectivity index (χ2v) is 3.69. The molecule has 1 aromatic heterocycles. The van der Waals surface area contributed by atoms with Gasteiger partial charge in [-0.2, -0.15) is 5.10 Å². The van der Waals surface area contributed by atoms with Crippen LogP contribution in [-0.2, 0) is 6.54 Å². The summed E-state index contributed by atoms with van der Waals surface area (Å²) < 4.78 is 26.9. The lowest BCUT2D eigenvalue weighted by Gasteiger charge is -2.10. The number of nitrogens with two attached hydrogens (primary N) is 1. The van der Waals surface area contributed by atoms with Crippen molar-refractivity contribution in [1.82, 2.24) is 9.78 Å². The Morgan fingerprint density at radius 1 is 1.47 bits per heavy atom. The van der Waals surface area contributed by atoms with Crippen LogP contribution < -0.4 is 5.73 Å². The van der Waals surface area contributed by atoms with Crippen LogP contribution in [-0.4, -0.2) is 15.7 Å². The van der Waals surface area contributed by atoms with Crippen LogP contribution >= 0.6 is 0 Å². The maximum atomic E-state index is 12.8. The first-order chi connectivity index (χ1) is 6.96. The van der Waals surface area contributed by atoms with Crippen molar-refractivity contribution in [2.75, 3.05) is 5.73 Å². The van der Waals surface area contributed by atoms with Crippen LogP contribution in [0.3, 0.4) is 0 Å². The quantitative estimate of drug-likeness (QED) is 0.774. The highest BCUT2D eigenvalue weighted by Crippen LogP contribution is 2.21. The second-order valence-electron chi connectivity index (χ2n) is 3.69. The largest absolute Gasteiger partial charge is 0.399 e. The lowest BCUT2D eigenvalue weighted by molar-refractivity contribution is 0.00182. The highest BCUT2D eigenvalue weighted by atomic mass is 19.3. The van der Waals surface area contributed by atoms with Gasteiger partial charge < -0.3 is 5.73 Å². The molecule has 1 aromatic carbocycles. The van der Waals surface area contributed by atoms with Gasteiger partial charge in [-0.1, -0.05) is 0 Å². The molecule has 0 bridgehead atoms. The molecule has 15 heavy (non-hydrogen) atoms. The molecule has 1 heterocycles. The summed E-state index contributed by atoms with van der Waals surface area (Å²) in [6.45, 7) is 0.437. The molecule has 0 saturated heterocycles. The molecule has 0 unspecified atom stereocenters. The van der Waals surface area contributed by atoms with E-state index in [1.807, 2.05) is 0 Å². The first kappa shape index (κ1) is 9.89. The van der Waals surface area contributed by atoms with Crippen molar-refractivity contribution in [3.63, 3.8) is 0 Å². The first-order valence-corrected chi connectivity index (χ1v) is 4.54. The number of hydrogen-bond donors (Lipinski definition) is 1. The fourth-order valence-corrected chi connectivity index (χ4v) is 1.48. The van der Waals surface area contributed by atoms with Gasteiger partial charge >= 0.3 is 0 Å². The van der Waals surface area contributed by atoms with Crippen LogP contribution in [0.15, 0.2) is 24.4 Å². The van der Waals surface area contributed by atoms with Crippen LogP contribution in [0, 0.1) is 0 Å². The Bertz CT molecular complexity index is 485. The van der Waals surface area contributed by atoms with Gasteiger partial charge in [-0.15, -0.1) is 0 Å². The summed E-state index contributed by atoms with van der Waals surface area (Å²) in [7, 11) is 0. The minimum absolute atomic E-state index is 0.431. The number of halogens is 2. The molecular formula is C10H11F2N3. The van der Waals surface area contributed by atoms with Gasteiger partial charge in [-0.25, -0.2) is 8.78 Å². The molecule has 0 aliphatic carbocycles. The average molecular weight is 211 g/mol. The predicted octanol–water partition coefficient (Wildman–Crippen LogP) is 2.27. The predicted molar refractivity (Wildman–Crippen MR) is 54.8 cm³/mol. The molecule has 0 fully saturated rings. The van der Waals surface area contributed by atoms with Crippen molar-refractivity contribution < 1.29 is 8.78 Å². The fraction of sp³-hybridized carbons (Fsp3) is 0.300. The molecule has 2 aromatic rings. The lowest BCUT2D eigenvalue weighted by atomic mass is 10.2. The van der Waals surface area contributed by atoms with Crippen LogP contribution in [0.2, 0.25) is 0 Å². The van der Waals surface area contributed by atoms with Gasteiger partial charge in [0, 0.05) is 18.0 Å². The summed E-state index contributed by atoms with van der Waals surface area (Å²) in [5, 5.41) is 4.72. The molecule has 0 amide bonds. The van der Waals surface area contributed by atoms with Crippen molar-refractivity contribution >= 4 is 16.6 Å². The number of nitrogens with zero attached hydrogens (tertiary/aromatic N) is 2. The van der Waals surface area contributed by atoms with E-state index in [-0.39, 0.29) is 0 Å². The van der Waals surface area contributed by atoms with E-state index < -0.39 is 12.5 Å². The second kappa shape index (κ2) is 3.18. The van der Waals surface area contributed by atoms with E-state index in [1.54, 1.807) is 24.4 Å². The smallest absolute Gasteiger partial charge is 0.264 e. The SMILES string of the molecule is CC(F)(F)Cn1ncc2ccc(N)cc21. The molecule has 0 radical (unpaired) electrons. The number of alkyl halides is 2. The van der Waals surface area contributed by atoms with E-state index in [0.717, 1.165) is 12.3 Å². The zero-order valence-corrected chi connectivity index (χ0v) is 8.24. The number of benzene rings is 1. The molecule has 2 N–H and O–H groups in total. The Kier molecular flexibility index (Phi) is 2.10. The van der Waals surface area contributed by atoms with E-state index in [0.29, 0.717) is 11.2 Å². The lowest BCUT2D eigenvalue weighted by Crippen LogP contribution is -2.19. The molecular weight excluding hydrogens is 200 g/mol. The molecule has 0 saturated carbocycles. The van der Waals surface area contributed by atoms with E-state index >= 15 is 0 Å². The molecule has 0 aliphatic heterocycles. The average Bonchev–Trinajstić information content (AvgIpc) is 2.46. The molecule has 0 atom stereocenters. The highest BCUT2D eigenvalue weighted by molar-refractivity contribution is 5.81. The minimum Gasteiger partial charge on any atom is -0.399 e. The van der Waals surface area contributed by atoms with Gasteiger partial charge in [-0.05, 0) is 18.2 Å². The first-order valence-electron chi connectivity index (χ1n) is 4.54. The van der Waals surface area contributed by atoms with Crippen LogP contribution in [0.25, 0.3) is 10.9 Å². The van der Waals surface area contributed by atoms with Gasteiger partial charge in [0.2, 0.25) is 0 Å². The van der Waals surface area contributed by atoms with Crippen molar-refractivity contribution in [2.45, 2.75) is 19.4 Å². The Hall–Kier alpha value is -1.65.